The average Bonchev–Trinajstić information content (AvgIpc) is 2.96. The Balaban J connectivity index is 1.99. The molecule has 0 radical (unpaired) electrons. The number of nitrogens with one attached hydrogen (secondary N) is 1. The summed E-state index contributed by atoms with van der Waals surface area (Å²) in [5.74, 6) is -1.00. The van der Waals surface area contributed by atoms with Gasteiger partial charge in [0.25, 0.3) is 0 Å². The Labute approximate surface area is 161 Å². The number of imidazole rings is 1. The monoisotopic (exact) mass is 441 g/mol. The number of benzene rings is 1. The third-order valence-corrected chi connectivity index (χ3v) is 4.48. The lowest BCUT2D eigenvalue weighted by Crippen LogP contribution is -2.15. The molecule has 0 atom stereocenters. The lowest BCUT2D eigenvalue weighted by atomic mass is 10.0. The molecule has 0 aliphatic heterocycles. The van der Waals surface area contributed by atoms with Crippen LogP contribution in [0.4, 0.5) is 18.9 Å². The second-order valence-electron chi connectivity index (χ2n) is 6.04. The van der Waals surface area contributed by atoms with Gasteiger partial charge in [-0.1, -0.05) is 6.07 Å². The van der Waals surface area contributed by atoms with Gasteiger partial charge >= 0.3 is 12.1 Å². The van der Waals surface area contributed by atoms with E-state index >= 15 is 0 Å². The molecule has 3 rings (SSSR count). The van der Waals surface area contributed by atoms with Gasteiger partial charge in [-0.25, -0.2) is 9.78 Å². The van der Waals surface area contributed by atoms with Crippen molar-refractivity contribution in [3.8, 4) is 11.3 Å². The van der Waals surface area contributed by atoms with E-state index in [0.717, 1.165) is 5.56 Å². The number of aromatic nitrogens is 2. The van der Waals surface area contributed by atoms with Crippen molar-refractivity contribution in [1.82, 2.24) is 9.38 Å². The van der Waals surface area contributed by atoms with Gasteiger partial charge in [-0.05, 0) is 46.6 Å². The van der Waals surface area contributed by atoms with Crippen molar-refractivity contribution in [2.45, 2.75) is 19.5 Å². The number of aryl methyl sites for hydroxylation is 1. The number of halogens is 4. The Morgan fingerprint density at radius 1 is 1.33 bits per heavy atom. The fourth-order valence-corrected chi connectivity index (χ4v) is 3.23. The lowest BCUT2D eigenvalue weighted by Gasteiger charge is -2.11. The van der Waals surface area contributed by atoms with E-state index in [1.54, 1.807) is 41.9 Å². The molecule has 5 nitrogen and oxygen atoms in total. The molecular weight excluding hydrogens is 427 g/mol. The Morgan fingerprint density at radius 2 is 2.07 bits per heavy atom. The van der Waals surface area contributed by atoms with Crippen molar-refractivity contribution >= 4 is 33.2 Å². The molecule has 0 bridgehead atoms. The van der Waals surface area contributed by atoms with Gasteiger partial charge in [-0.2, -0.15) is 13.2 Å². The van der Waals surface area contributed by atoms with Gasteiger partial charge in [-0.3, -0.25) is 4.40 Å². The van der Waals surface area contributed by atoms with Crippen LogP contribution in [0.25, 0.3) is 16.9 Å². The average molecular weight is 442 g/mol. The van der Waals surface area contributed by atoms with Crippen molar-refractivity contribution in [3.05, 3.63) is 52.3 Å². The van der Waals surface area contributed by atoms with Crippen molar-refractivity contribution in [2.24, 2.45) is 0 Å². The van der Waals surface area contributed by atoms with E-state index in [1.165, 1.54) is 6.07 Å². The molecule has 2 heterocycles. The summed E-state index contributed by atoms with van der Waals surface area (Å²) in [5.41, 5.74) is 3.22. The summed E-state index contributed by atoms with van der Waals surface area (Å²) in [7, 11) is 0. The van der Waals surface area contributed by atoms with E-state index in [1.807, 2.05) is 0 Å². The van der Waals surface area contributed by atoms with E-state index in [2.05, 4.69) is 26.2 Å². The molecule has 142 valence electrons. The van der Waals surface area contributed by atoms with E-state index in [4.69, 9.17) is 5.11 Å². The summed E-state index contributed by atoms with van der Waals surface area (Å²) in [6.07, 6.45) is -1.83. The van der Waals surface area contributed by atoms with Crippen LogP contribution in [-0.4, -0.2) is 33.2 Å². The van der Waals surface area contributed by atoms with Gasteiger partial charge in [0.15, 0.2) is 5.65 Å². The van der Waals surface area contributed by atoms with Gasteiger partial charge < -0.3 is 10.4 Å². The fraction of sp³-hybridized carbons (Fsp3) is 0.222. The van der Waals surface area contributed by atoms with Gasteiger partial charge in [-0.15, -0.1) is 0 Å². The number of nitrogens with zero attached hydrogens (tertiary/aromatic N) is 2. The third-order valence-electron chi connectivity index (χ3n) is 4.05. The highest BCUT2D eigenvalue weighted by molar-refractivity contribution is 9.10. The first-order valence-corrected chi connectivity index (χ1v) is 8.76. The topological polar surface area (TPSA) is 66.6 Å². The first-order valence-electron chi connectivity index (χ1n) is 7.97. The number of carboxylic acids is 1. The number of aromatic carboxylic acids is 1. The van der Waals surface area contributed by atoms with E-state index in [0.29, 0.717) is 27.1 Å². The largest absolute Gasteiger partial charge is 0.478 e. The van der Waals surface area contributed by atoms with Gasteiger partial charge in [0.05, 0.1) is 29.6 Å². The van der Waals surface area contributed by atoms with Crippen molar-refractivity contribution in [1.29, 1.82) is 0 Å². The number of carboxylic acid groups (broad SMARTS) is 1. The van der Waals surface area contributed by atoms with Crippen LogP contribution in [0.2, 0.25) is 0 Å². The van der Waals surface area contributed by atoms with Crippen molar-refractivity contribution in [3.63, 3.8) is 0 Å². The molecule has 9 heteroatoms. The molecule has 0 spiro atoms. The quantitative estimate of drug-likeness (QED) is 0.575. The lowest BCUT2D eigenvalue weighted by molar-refractivity contribution is -0.131. The van der Waals surface area contributed by atoms with Crippen LogP contribution in [0.3, 0.4) is 0 Å². The highest BCUT2D eigenvalue weighted by atomic mass is 79.9. The highest BCUT2D eigenvalue weighted by Gasteiger charge is 2.26. The number of rotatable bonds is 5. The molecule has 0 saturated carbocycles. The number of hydrogen-bond donors (Lipinski definition) is 2. The van der Waals surface area contributed by atoms with E-state index in [-0.39, 0.29) is 12.1 Å². The summed E-state index contributed by atoms with van der Waals surface area (Å²) in [6.45, 7) is 1.44. The van der Waals surface area contributed by atoms with Crippen LogP contribution < -0.4 is 5.32 Å². The maximum atomic E-state index is 12.4. The second-order valence-corrected chi connectivity index (χ2v) is 6.95. The summed E-state index contributed by atoms with van der Waals surface area (Å²) in [6, 6.07) is 6.61. The van der Waals surface area contributed by atoms with Crippen LogP contribution >= 0.6 is 15.9 Å². The Hall–Kier alpha value is -2.55. The molecule has 0 amide bonds. The SMILES string of the molecule is Cc1cc(-c2cnc3c(NCCC(F)(F)F)cc(Br)cn23)ccc1C(=O)O. The standard InChI is InChI=1S/C18H15BrF3N3O2/c1-10-6-11(2-3-13(10)17(26)27)15-8-24-16-14(7-12(19)9-25(15)16)23-5-4-18(20,21)22/h2-3,6-9,23H,4-5H2,1H3,(H,26,27). The smallest absolute Gasteiger partial charge is 0.390 e. The van der Waals surface area contributed by atoms with E-state index < -0.39 is 18.6 Å². The molecule has 0 unspecified atom stereocenters. The van der Waals surface area contributed by atoms with Crippen LogP contribution in [0.15, 0.2) is 41.1 Å². The second kappa shape index (κ2) is 7.22. The summed E-state index contributed by atoms with van der Waals surface area (Å²) >= 11 is 3.36. The van der Waals surface area contributed by atoms with E-state index in [9.17, 15) is 18.0 Å². The van der Waals surface area contributed by atoms with Gasteiger partial charge in [0.2, 0.25) is 0 Å². The zero-order valence-corrected chi connectivity index (χ0v) is 15.7. The minimum Gasteiger partial charge on any atom is -0.478 e. The van der Waals surface area contributed by atoms with Crippen LogP contribution in [0.1, 0.15) is 22.3 Å². The molecule has 0 fully saturated rings. The molecule has 0 aliphatic rings. The summed E-state index contributed by atoms with van der Waals surface area (Å²) in [4.78, 5) is 15.5. The third kappa shape index (κ3) is 4.24. The van der Waals surface area contributed by atoms with Crippen molar-refractivity contribution < 1.29 is 23.1 Å². The molecule has 2 N–H and O–H groups in total. The summed E-state index contributed by atoms with van der Waals surface area (Å²) in [5, 5.41) is 11.9. The molecule has 3 aromatic rings. The molecule has 0 aliphatic carbocycles. The van der Waals surface area contributed by atoms with Gasteiger partial charge in [0, 0.05) is 22.8 Å². The maximum Gasteiger partial charge on any atom is 0.390 e. The predicted molar refractivity (Wildman–Crippen MR) is 99.2 cm³/mol. The maximum absolute atomic E-state index is 12.4. The molecule has 27 heavy (non-hydrogen) atoms. The van der Waals surface area contributed by atoms with Crippen molar-refractivity contribution in [2.75, 3.05) is 11.9 Å². The zero-order chi connectivity index (χ0) is 19.8. The van der Waals surface area contributed by atoms with Crippen LogP contribution in [-0.2, 0) is 0 Å². The van der Waals surface area contributed by atoms with Crippen LogP contribution in [0, 0.1) is 6.92 Å². The highest BCUT2D eigenvalue weighted by Crippen LogP contribution is 2.29. The number of pyridine rings is 1. The number of alkyl halides is 3. The minimum absolute atomic E-state index is 0.211. The number of fused-ring (bicyclic) bond motifs is 1. The normalized spacial score (nSPS) is 11.7. The predicted octanol–water partition coefficient (Wildman–Crippen LogP) is 5.13. The first-order chi connectivity index (χ1) is 12.7. The van der Waals surface area contributed by atoms with Gasteiger partial charge in [0.1, 0.15) is 0 Å². The Kier molecular flexibility index (Phi) is 5.14. The Morgan fingerprint density at radius 3 is 2.70 bits per heavy atom. The minimum atomic E-state index is -4.24. The zero-order valence-electron chi connectivity index (χ0n) is 14.1. The molecule has 1 aromatic carbocycles. The first kappa shape index (κ1) is 19.2. The number of hydrogen-bond acceptors (Lipinski definition) is 3. The Bertz CT molecular complexity index is 1010. The fourth-order valence-electron chi connectivity index (χ4n) is 2.80. The summed E-state index contributed by atoms with van der Waals surface area (Å²) < 4.78 is 39.6. The van der Waals surface area contributed by atoms with Crippen LogP contribution in [0.5, 0.6) is 0 Å². The number of anilines is 1. The molecule has 2 aromatic heterocycles. The molecule has 0 saturated heterocycles. The molecular formula is C18H15BrF3N3O2. The number of carbonyl (C=O) groups is 1.